The van der Waals surface area contributed by atoms with Gasteiger partial charge < -0.3 is 4.74 Å². The first kappa shape index (κ1) is 10.3. The van der Waals surface area contributed by atoms with Crippen molar-refractivity contribution in [3.8, 4) is 0 Å². The highest BCUT2D eigenvalue weighted by Gasteiger charge is 2.13. The Labute approximate surface area is 74.4 Å². The summed E-state index contributed by atoms with van der Waals surface area (Å²) in [7, 11) is 0. The van der Waals surface area contributed by atoms with Crippen LogP contribution in [0.2, 0.25) is 0 Å². The third-order valence-electron chi connectivity index (χ3n) is 0.633. The normalized spacial score (nSPS) is 13.3. The van der Waals surface area contributed by atoms with E-state index in [0.29, 0.717) is 0 Å². The fourth-order valence-corrected chi connectivity index (χ4v) is 0.449. The number of halogens is 3. The van der Waals surface area contributed by atoms with Crippen molar-refractivity contribution in [3.63, 3.8) is 0 Å². The molecule has 5 heteroatoms. The van der Waals surface area contributed by atoms with Crippen LogP contribution in [0.3, 0.4) is 0 Å². The van der Waals surface area contributed by atoms with Crippen LogP contribution in [0.5, 0.6) is 0 Å². The summed E-state index contributed by atoms with van der Waals surface area (Å²) in [6, 6.07) is 0. The lowest BCUT2D eigenvalue weighted by Gasteiger charge is -2.04. The lowest BCUT2D eigenvalue weighted by atomic mass is 10.5. The SMILES string of the molecule is CC(Cl)COC(=O)C(Cl)Cl. The van der Waals surface area contributed by atoms with Crippen LogP contribution in [-0.4, -0.2) is 22.8 Å². The molecule has 60 valence electrons. The van der Waals surface area contributed by atoms with Crippen LogP contribution in [0.25, 0.3) is 0 Å². The maximum Gasteiger partial charge on any atom is 0.339 e. The molecular weight excluding hydrogens is 198 g/mol. The number of carbonyl (C=O) groups is 1. The zero-order valence-electron chi connectivity index (χ0n) is 5.31. The summed E-state index contributed by atoms with van der Waals surface area (Å²) in [5.74, 6) is -0.657. The molecule has 2 nitrogen and oxygen atoms in total. The summed E-state index contributed by atoms with van der Waals surface area (Å²) < 4.78 is 4.53. The van der Waals surface area contributed by atoms with E-state index < -0.39 is 10.8 Å². The van der Waals surface area contributed by atoms with Gasteiger partial charge in [-0.25, -0.2) is 4.79 Å². The van der Waals surface area contributed by atoms with E-state index >= 15 is 0 Å². The van der Waals surface area contributed by atoms with Crippen molar-refractivity contribution in [2.75, 3.05) is 6.61 Å². The monoisotopic (exact) mass is 204 g/mol. The fraction of sp³-hybridized carbons (Fsp3) is 0.800. The third-order valence-corrected chi connectivity index (χ3v) is 1.12. The average Bonchev–Trinajstić information content (AvgIpc) is 1.82. The predicted molar refractivity (Wildman–Crippen MR) is 41.8 cm³/mol. The summed E-state index contributed by atoms with van der Waals surface area (Å²) in [6.45, 7) is 1.84. The quantitative estimate of drug-likeness (QED) is 0.520. The molecule has 0 heterocycles. The molecule has 0 amide bonds. The van der Waals surface area contributed by atoms with E-state index in [9.17, 15) is 4.79 Å². The second-order valence-corrected chi connectivity index (χ2v) is 3.55. The first-order valence-corrected chi connectivity index (χ1v) is 3.94. The Bertz CT molecular complexity index is 113. The highest BCUT2D eigenvalue weighted by molar-refractivity contribution is 6.52. The van der Waals surface area contributed by atoms with Crippen molar-refractivity contribution in [2.45, 2.75) is 17.1 Å². The first-order chi connectivity index (χ1) is 4.54. The summed E-state index contributed by atoms with van der Waals surface area (Å²) in [4.78, 5) is 9.39. The van der Waals surface area contributed by atoms with Crippen LogP contribution < -0.4 is 0 Å². The molecule has 1 unspecified atom stereocenters. The van der Waals surface area contributed by atoms with Gasteiger partial charge in [0.05, 0.1) is 5.38 Å². The van der Waals surface area contributed by atoms with Gasteiger partial charge in [-0.15, -0.1) is 11.6 Å². The Morgan fingerprint density at radius 1 is 1.50 bits per heavy atom. The van der Waals surface area contributed by atoms with E-state index in [2.05, 4.69) is 4.74 Å². The molecule has 0 saturated carbocycles. The zero-order chi connectivity index (χ0) is 8.15. The molecule has 0 aromatic rings. The van der Waals surface area contributed by atoms with Gasteiger partial charge in [0.1, 0.15) is 6.61 Å². The highest BCUT2D eigenvalue weighted by atomic mass is 35.5. The molecular formula is C5H7Cl3O2. The molecule has 0 rings (SSSR count). The lowest BCUT2D eigenvalue weighted by Crippen LogP contribution is -2.16. The molecule has 0 spiro atoms. The van der Waals surface area contributed by atoms with Crippen LogP contribution in [0.1, 0.15) is 6.92 Å². The second kappa shape index (κ2) is 5.05. The van der Waals surface area contributed by atoms with Crippen molar-refractivity contribution in [3.05, 3.63) is 0 Å². The van der Waals surface area contributed by atoms with Gasteiger partial charge >= 0.3 is 5.97 Å². The summed E-state index contributed by atoms with van der Waals surface area (Å²) in [5.41, 5.74) is 0. The van der Waals surface area contributed by atoms with Crippen LogP contribution >= 0.6 is 34.8 Å². The lowest BCUT2D eigenvalue weighted by molar-refractivity contribution is -0.141. The van der Waals surface area contributed by atoms with Crippen molar-refractivity contribution < 1.29 is 9.53 Å². The summed E-state index contributed by atoms with van der Waals surface area (Å²) >= 11 is 15.8. The first-order valence-electron chi connectivity index (χ1n) is 2.63. The maximum absolute atomic E-state index is 10.5. The zero-order valence-corrected chi connectivity index (χ0v) is 7.58. The van der Waals surface area contributed by atoms with Crippen molar-refractivity contribution in [1.29, 1.82) is 0 Å². The number of hydrogen-bond donors (Lipinski definition) is 0. The van der Waals surface area contributed by atoms with Gasteiger partial charge in [0.2, 0.25) is 4.84 Å². The number of esters is 1. The van der Waals surface area contributed by atoms with E-state index in [0.717, 1.165) is 0 Å². The number of ether oxygens (including phenoxy) is 1. The van der Waals surface area contributed by atoms with Crippen LogP contribution in [0, 0.1) is 0 Å². The molecule has 0 aliphatic carbocycles. The van der Waals surface area contributed by atoms with Crippen LogP contribution in [0.15, 0.2) is 0 Å². The minimum atomic E-state index is -1.12. The number of carbonyl (C=O) groups excluding carboxylic acids is 1. The van der Waals surface area contributed by atoms with Crippen molar-refractivity contribution in [1.82, 2.24) is 0 Å². The fourth-order valence-electron chi connectivity index (χ4n) is 0.260. The van der Waals surface area contributed by atoms with E-state index in [1.54, 1.807) is 6.92 Å². The molecule has 0 aromatic heterocycles. The van der Waals surface area contributed by atoms with Crippen LogP contribution in [-0.2, 0) is 9.53 Å². The van der Waals surface area contributed by atoms with E-state index in [4.69, 9.17) is 34.8 Å². The Balaban J connectivity index is 3.40. The topological polar surface area (TPSA) is 26.3 Å². The Morgan fingerprint density at radius 3 is 2.30 bits per heavy atom. The molecule has 0 aliphatic heterocycles. The molecule has 0 aromatic carbocycles. The van der Waals surface area contributed by atoms with Gasteiger partial charge in [0.25, 0.3) is 0 Å². The Kier molecular flexibility index (Phi) is 5.22. The number of rotatable bonds is 3. The Morgan fingerprint density at radius 2 is 2.00 bits per heavy atom. The van der Waals surface area contributed by atoms with Gasteiger partial charge in [0, 0.05) is 0 Å². The van der Waals surface area contributed by atoms with Gasteiger partial charge in [-0.2, -0.15) is 0 Å². The van der Waals surface area contributed by atoms with Gasteiger partial charge in [-0.05, 0) is 6.92 Å². The van der Waals surface area contributed by atoms with Gasteiger partial charge in [-0.1, -0.05) is 23.2 Å². The number of alkyl halides is 3. The molecule has 0 radical (unpaired) electrons. The molecule has 0 N–H and O–H groups in total. The van der Waals surface area contributed by atoms with Crippen LogP contribution in [0.4, 0.5) is 0 Å². The third kappa shape index (κ3) is 5.15. The van der Waals surface area contributed by atoms with E-state index in [1.807, 2.05) is 0 Å². The van der Waals surface area contributed by atoms with Gasteiger partial charge in [-0.3, -0.25) is 0 Å². The molecule has 0 bridgehead atoms. The molecule has 1 atom stereocenters. The maximum atomic E-state index is 10.5. The molecule has 10 heavy (non-hydrogen) atoms. The molecule has 0 fully saturated rings. The van der Waals surface area contributed by atoms with Crippen molar-refractivity contribution >= 4 is 40.8 Å². The second-order valence-electron chi connectivity index (χ2n) is 1.71. The smallest absolute Gasteiger partial charge is 0.339 e. The summed E-state index contributed by atoms with van der Waals surface area (Å²) in [6.07, 6.45) is 0. The van der Waals surface area contributed by atoms with E-state index in [1.165, 1.54) is 0 Å². The number of hydrogen-bond acceptors (Lipinski definition) is 2. The largest absolute Gasteiger partial charge is 0.462 e. The predicted octanol–water partition coefficient (Wildman–Crippen LogP) is 1.96. The highest BCUT2D eigenvalue weighted by Crippen LogP contribution is 2.04. The van der Waals surface area contributed by atoms with Crippen molar-refractivity contribution in [2.24, 2.45) is 0 Å². The molecule has 0 saturated heterocycles. The minimum Gasteiger partial charge on any atom is -0.462 e. The molecule has 0 aliphatic rings. The average molecular weight is 205 g/mol. The standard InChI is InChI=1S/C5H7Cl3O2/c1-3(6)2-10-5(9)4(7)8/h3-4H,2H2,1H3. The Hall–Kier alpha value is 0.340. The minimum absolute atomic E-state index is 0.135. The summed E-state index contributed by atoms with van der Waals surface area (Å²) in [5, 5.41) is -0.212. The van der Waals surface area contributed by atoms with Gasteiger partial charge in [0.15, 0.2) is 0 Å². The van der Waals surface area contributed by atoms with E-state index in [-0.39, 0.29) is 12.0 Å².